The van der Waals surface area contributed by atoms with Crippen molar-refractivity contribution in [2.45, 2.75) is 6.92 Å². The molecule has 2 aromatic rings. The number of anilines is 1. The molecule has 0 saturated carbocycles. The molecule has 5 nitrogen and oxygen atoms in total. The predicted octanol–water partition coefficient (Wildman–Crippen LogP) is 0.511. The van der Waals surface area contributed by atoms with Gasteiger partial charge in [-0.15, -0.1) is 0 Å². The molecule has 1 saturated heterocycles. The summed E-state index contributed by atoms with van der Waals surface area (Å²) in [5, 5.41) is 6.33. The quantitative estimate of drug-likeness (QED) is 0.555. The molecule has 0 bridgehead atoms. The lowest BCUT2D eigenvalue weighted by atomic mass is 10.2. The predicted molar refractivity (Wildman–Crippen MR) is 105 cm³/mol. The molecule has 1 aliphatic heterocycles. The van der Waals surface area contributed by atoms with Crippen LogP contribution in [0.2, 0.25) is 0 Å². The molecule has 2 aromatic carbocycles. The van der Waals surface area contributed by atoms with Crippen molar-refractivity contribution in [3.05, 3.63) is 65.7 Å². The molecule has 0 atom stereocenters. The van der Waals surface area contributed by atoms with E-state index in [1.54, 1.807) is 0 Å². The summed E-state index contributed by atoms with van der Waals surface area (Å²) in [5.41, 5.74) is 3.27. The third-order valence-corrected chi connectivity index (χ3v) is 4.82. The van der Waals surface area contributed by atoms with Gasteiger partial charge >= 0.3 is 0 Å². The van der Waals surface area contributed by atoms with E-state index in [0.717, 1.165) is 37.7 Å². The zero-order chi connectivity index (χ0) is 18.4. The summed E-state index contributed by atoms with van der Waals surface area (Å²) >= 11 is 0. The maximum Gasteiger partial charge on any atom is 0.279 e. The first kappa shape index (κ1) is 18.1. The highest BCUT2D eigenvalue weighted by Crippen LogP contribution is 2.07. The van der Waals surface area contributed by atoms with Crippen LogP contribution in [0.15, 0.2) is 54.6 Å². The molecular weight excluding hydrogens is 324 g/mol. The van der Waals surface area contributed by atoms with Crippen molar-refractivity contribution < 1.29 is 14.3 Å². The Kier molecular flexibility index (Phi) is 6.02. The van der Waals surface area contributed by atoms with Crippen LogP contribution in [0.1, 0.15) is 11.1 Å². The van der Waals surface area contributed by atoms with E-state index in [9.17, 15) is 4.79 Å². The Morgan fingerprint density at radius 1 is 1.04 bits per heavy atom. The van der Waals surface area contributed by atoms with Gasteiger partial charge < -0.3 is 10.2 Å². The molecule has 26 heavy (non-hydrogen) atoms. The number of hydrogen-bond donors (Lipinski definition) is 3. The Balaban J connectivity index is 1.55. The van der Waals surface area contributed by atoms with Gasteiger partial charge in [0.15, 0.2) is 6.54 Å². The van der Waals surface area contributed by atoms with E-state index in [1.165, 1.54) is 16.0 Å². The van der Waals surface area contributed by atoms with E-state index < -0.39 is 0 Å². The highest BCUT2D eigenvalue weighted by molar-refractivity contribution is 5.94. The fourth-order valence-corrected chi connectivity index (χ4v) is 3.37. The monoisotopic (exact) mass is 352 g/mol. The van der Waals surface area contributed by atoms with Gasteiger partial charge in [-0.25, -0.2) is 0 Å². The van der Waals surface area contributed by atoms with E-state index >= 15 is 0 Å². The molecule has 0 aromatic heterocycles. The Bertz CT molecular complexity index is 758. The molecule has 0 spiro atoms. The second-order valence-electron chi connectivity index (χ2n) is 6.79. The maximum atomic E-state index is 12.3. The van der Waals surface area contributed by atoms with Crippen molar-refractivity contribution in [1.82, 2.24) is 5.32 Å². The largest absolute Gasteiger partial charge is 0.321 e. The van der Waals surface area contributed by atoms with Gasteiger partial charge in [0.2, 0.25) is 0 Å². The number of benzene rings is 2. The van der Waals surface area contributed by atoms with Gasteiger partial charge in [0.05, 0.1) is 12.6 Å². The molecule has 0 radical (unpaired) electrons. The lowest BCUT2D eigenvalue weighted by Crippen LogP contribution is -3.15. The van der Waals surface area contributed by atoms with Crippen LogP contribution < -0.4 is 15.5 Å². The smallest absolute Gasteiger partial charge is 0.279 e. The molecule has 3 N–H and O–H groups in total. The summed E-state index contributed by atoms with van der Waals surface area (Å²) in [4.78, 5) is 13.6. The van der Waals surface area contributed by atoms with Crippen LogP contribution in [0.25, 0.3) is 0 Å². The normalized spacial score (nSPS) is 16.8. The first-order chi connectivity index (χ1) is 12.7. The van der Waals surface area contributed by atoms with Crippen molar-refractivity contribution in [2.24, 2.45) is 0 Å². The molecule has 1 aliphatic rings. The number of nitrogens with one attached hydrogen (secondary N) is 3. The number of piperazine rings is 1. The second kappa shape index (κ2) is 8.63. The Labute approximate surface area is 155 Å². The van der Waals surface area contributed by atoms with Crippen molar-refractivity contribution in [1.29, 1.82) is 0 Å². The molecule has 5 heteroatoms. The van der Waals surface area contributed by atoms with Gasteiger partial charge in [-0.05, 0) is 31.2 Å². The number of amides is 1. The summed E-state index contributed by atoms with van der Waals surface area (Å²) in [6.07, 6.45) is 0. The number of carbonyl (C=O) groups is 1. The number of rotatable bonds is 4. The molecule has 1 heterocycles. The van der Waals surface area contributed by atoms with Crippen LogP contribution in [-0.4, -0.2) is 56.1 Å². The lowest BCUT2D eigenvalue weighted by Gasteiger charge is -2.25. The average molecular weight is 352 g/mol. The van der Waals surface area contributed by atoms with E-state index in [0.29, 0.717) is 6.54 Å². The van der Waals surface area contributed by atoms with E-state index in [4.69, 9.17) is 0 Å². The summed E-state index contributed by atoms with van der Waals surface area (Å²) in [6.45, 7) is 6.36. The van der Waals surface area contributed by atoms with Gasteiger partial charge in [0.25, 0.3) is 11.7 Å². The fourth-order valence-electron chi connectivity index (χ4n) is 3.37. The van der Waals surface area contributed by atoms with Crippen LogP contribution in [0.4, 0.5) is 5.69 Å². The summed E-state index contributed by atoms with van der Waals surface area (Å²) in [5.74, 6) is 1.24. The van der Waals surface area contributed by atoms with Gasteiger partial charge in [-0.1, -0.05) is 35.9 Å². The fraction of sp³-hybridized carbons (Fsp3) is 0.333. The van der Waals surface area contributed by atoms with Crippen molar-refractivity contribution in [3.63, 3.8) is 0 Å². The molecule has 3 rings (SSSR count). The van der Waals surface area contributed by atoms with E-state index in [1.807, 2.05) is 44.3 Å². The van der Waals surface area contributed by atoms with Crippen LogP contribution in [-0.2, 0) is 4.79 Å². The number of amidine groups is 1. The minimum absolute atomic E-state index is 0.0817. The summed E-state index contributed by atoms with van der Waals surface area (Å²) in [6, 6.07) is 18.3. The summed E-state index contributed by atoms with van der Waals surface area (Å²) < 4.78 is 2.37. The van der Waals surface area contributed by atoms with Crippen molar-refractivity contribution in [2.75, 3.05) is 45.1 Å². The molecule has 1 fully saturated rings. The standard InChI is InChI=1S/C21H26N4O/c1-17-8-10-19(11-9-17)23-20(26)16-24-12-14-25(15-13-24)21(22-2)18-6-4-3-5-7-18/h3-11H,12-16H2,1-2H3,(H,23,26)/p+2. The van der Waals surface area contributed by atoms with Crippen molar-refractivity contribution >= 4 is 17.4 Å². The number of aryl methyl sites for hydroxylation is 1. The first-order valence-electron chi connectivity index (χ1n) is 9.21. The van der Waals surface area contributed by atoms with Crippen molar-refractivity contribution in [3.8, 4) is 0 Å². The first-order valence-corrected chi connectivity index (χ1v) is 9.21. The third-order valence-electron chi connectivity index (χ3n) is 4.82. The zero-order valence-corrected chi connectivity index (χ0v) is 15.6. The van der Waals surface area contributed by atoms with Crippen LogP contribution in [0, 0.1) is 6.92 Å². The summed E-state index contributed by atoms with van der Waals surface area (Å²) in [7, 11) is 1.97. The Morgan fingerprint density at radius 2 is 1.69 bits per heavy atom. The molecule has 136 valence electrons. The number of hydrogen-bond acceptors (Lipinski definition) is 1. The Morgan fingerprint density at radius 3 is 2.31 bits per heavy atom. The molecular formula is C21H28N4O+2. The molecule has 0 unspecified atom stereocenters. The second-order valence-corrected chi connectivity index (χ2v) is 6.79. The van der Waals surface area contributed by atoms with Crippen LogP contribution >= 0.6 is 0 Å². The topological polar surface area (TPSA) is 48.6 Å². The lowest BCUT2D eigenvalue weighted by molar-refractivity contribution is -0.924. The van der Waals surface area contributed by atoms with Gasteiger partial charge in [0, 0.05) is 5.69 Å². The number of nitrogens with zero attached hydrogens (tertiary/aromatic N) is 1. The average Bonchev–Trinajstić information content (AvgIpc) is 2.66. The minimum Gasteiger partial charge on any atom is -0.321 e. The van der Waals surface area contributed by atoms with Crippen LogP contribution in [0.5, 0.6) is 0 Å². The maximum absolute atomic E-state index is 12.3. The van der Waals surface area contributed by atoms with Crippen LogP contribution in [0.3, 0.4) is 0 Å². The van der Waals surface area contributed by atoms with E-state index in [-0.39, 0.29) is 5.91 Å². The highest BCUT2D eigenvalue weighted by atomic mass is 16.2. The third kappa shape index (κ3) is 4.70. The highest BCUT2D eigenvalue weighted by Gasteiger charge is 2.25. The number of carbonyl (C=O) groups excluding carboxylic acids is 1. The molecule has 0 aliphatic carbocycles. The zero-order valence-electron chi connectivity index (χ0n) is 15.6. The molecule has 1 amide bonds. The van der Waals surface area contributed by atoms with Gasteiger partial charge in [-0.2, -0.15) is 0 Å². The Hall–Kier alpha value is -2.66. The van der Waals surface area contributed by atoms with E-state index in [2.05, 4.69) is 39.5 Å². The number of quaternary nitrogens is 1. The van der Waals surface area contributed by atoms with Gasteiger partial charge in [0.1, 0.15) is 26.2 Å². The van der Waals surface area contributed by atoms with Gasteiger partial charge in [-0.3, -0.25) is 14.7 Å². The minimum atomic E-state index is 0.0817. The SMILES string of the molecule is CNC(c1ccccc1)=[N+]1CC[NH+](CC(=O)Nc2ccc(C)cc2)CC1.